The van der Waals surface area contributed by atoms with Crippen LogP contribution in [0.3, 0.4) is 0 Å². The molecule has 0 fully saturated rings. The maximum absolute atomic E-state index is 14.6. The summed E-state index contributed by atoms with van der Waals surface area (Å²) < 4.78 is 34.8. The summed E-state index contributed by atoms with van der Waals surface area (Å²) in [7, 11) is 1.73. The van der Waals surface area contributed by atoms with Gasteiger partial charge in [0, 0.05) is 34.5 Å². The molecular weight excluding hydrogens is 812 g/mol. The lowest BCUT2D eigenvalue weighted by atomic mass is 9.56. The predicted octanol–water partition coefficient (Wildman–Crippen LogP) is 17.5. The zero-order chi connectivity index (χ0) is 48.9. The minimum atomic E-state index is -0.852. The minimum absolute atomic E-state index is 0.0662. The summed E-state index contributed by atoms with van der Waals surface area (Å²) in [5.74, 6) is 3.46. The molecule has 0 aliphatic rings. The van der Waals surface area contributed by atoms with Crippen molar-refractivity contribution in [2.45, 2.75) is 155 Å². The molecule has 0 aliphatic carbocycles. The molecule has 4 aromatic rings. The van der Waals surface area contributed by atoms with Crippen LogP contribution < -0.4 is 4.74 Å². The van der Waals surface area contributed by atoms with Gasteiger partial charge in [0.05, 0.1) is 35.5 Å². The second-order valence-electron chi connectivity index (χ2n) is 20.9. The fourth-order valence-corrected chi connectivity index (χ4v) is 9.30. The number of aromatic nitrogens is 2. The number of imidazole rings is 1. The number of aryl methyl sites for hydroxylation is 1. The van der Waals surface area contributed by atoms with E-state index in [1.807, 2.05) is 78.1 Å². The smallest absolute Gasteiger partial charge is 0.144 e. The van der Waals surface area contributed by atoms with E-state index in [9.17, 15) is 3.89 Å². The van der Waals surface area contributed by atoms with E-state index >= 15 is 0 Å². The molecule has 5 nitrogen and oxygen atoms in total. The van der Waals surface area contributed by atoms with Crippen molar-refractivity contribution >= 4 is 12.1 Å². The van der Waals surface area contributed by atoms with Gasteiger partial charge in [0.2, 0.25) is 0 Å². The van der Waals surface area contributed by atoms with Crippen molar-refractivity contribution in [2.75, 3.05) is 20.3 Å². The Kier molecular flexibility index (Phi) is 20.6. The van der Waals surface area contributed by atoms with Gasteiger partial charge in [-0.2, -0.15) is 3.89 Å². The molecular formula is C57H87FN2O3S. The number of methoxy groups -OCH3 is 1. The predicted molar refractivity (Wildman–Crippen MR) is 276 cm³/mol. The second kappa shape index (κ2) is 23.5. The highest BCUT2D eigenvalue weighted by Gasteiger charge is 2.49. The van der Waals surface area contributed by atoms with Crippen LogP contribution in [0, 0.1) is 39.9 Å². The van der Waals surface area contributed by atoms with Gasteiger partial charge in [-0.05, 0) is 109 Å². The third-order valence-electron chi connectivity index (χ3n) is 13.5. The zero-order valence-corrected chi connectivity index (χ0v) is 44.4. The monoisotopic (exact) mass is 899 g/mol. The summed E-state index contributed by atoms with van der Waals surface area (Å²) in [4.78, 5) is 4.74. The average Bonchev–Trinajstić information content (AvgIpc) is 3.74. The molecule has 1 aromatic heterocycles. The van der Waals surface area contributed by atoms with Crippen LogP contribution in [0.5, 0.6) is 5.75 Å². The fraction of sp³-hybridized carbons (Fsp3) is 0.561. The van der Waals surface area contributed by atoms with E-state index in [-0.39, 0.29) is 27.6 Å². The van der Waals surface area contributed by atoms with Crippen molar-refractivity contribution in [3.63, 3.8) is 0 Å². The number of nitrogens with zero attached hydrogens (tertiary/aromatic N) is 2. The summed E-state index contributed by atoms with van der Waals surface area (Å²) in [5, 5.41) is 0. The van der Waals surface area contributed by atoms with Crippen LogP contribution in [-0.2, 0) is 14.2 Å². The summed E-state index contributed by atoms with van der Waals surface area (Å²) in [5.41, 5.74) is 4.37. The van der Waals surface area contributed by atoms with E-state index in [0.29, 0.717) is 37.0 Å². The SMILES string of the molecule is C=C(OCCOc1ccc(-c2nccn2-c2ccccc2C)c(C(C)(C)SF)c1)C(C)(CC(C)(C)CC(c1ccccc1)C(C)(C)C)C(C)CC(C)(C(=C)OC)C(C)(C)C.CC.CC. The van der Waals surface area contributed by atoms with Gasteiger partial charge in [-0.3, -0.25) is 4.57 Å². The first kappa shape index (κ1) is 56.2. The van der Waals surface area contributed by atoms with E-state index in [0.717, 1.165) is 59.0 Å². The van der Waals surface area contributed by atoms with Crippen LogP contribution in [0.2, 0.25) is 0 Å². The largest absolute Gasteiger partial charge is 0.501 e. The Morgan fingerprint density at radius 2 is 1.38 bits per heavy atom. The molecule has 0 saturated carbocycles. The highest BCUT2D eigenvalue weighted by molar-refractivity contribution is 7.95. The van der Waals surface area contributed by atoms with Crippen molar-refractivity contribution in [3.05, 3.63) is 127 Å². The maximum Gasteiger partial charge on any atom is 0.144 e. The standard InChI is InChI=1S/C53H75FN2O3S.2C2H6/c1-37-23-21-22-26-46(37)56-30-29-55-47(56)43-28-27-42(33-44(43)51(13,14)60-54)59-32-31-58-39(3)52(15,38(2)34-53(16,40(4)57-17)49(8,9)10)36-50(11,12)35-45(48(5,6)7)41-24-19-18-20-25-41;2*1-2/h18-30,33,38,45H,3-4,31-32,34-36H2,1-2,5-17H3;2*1-2H3. The number of hydrogen-bond acceptors (Lipinski definition) is 5. The molecule has 0 spiro atoms. The first-order valence-electron chi connectivity index (χ1n) is 23.6. The Labute approximate surface area is 395 Å². The fourth-order valence-electron chi connectivity index (χ4n) is 9.04. The zero-order valence-electron chi connectivity index (χ0n) is 43.6. The first-order chi connectivity index (χ1) is 29.8. The summed E-state index contributed by atoms with van der Waals surface area (Å²) in [6.07, 6.45) is 6.46. The van der Waals surface area contributed by atoms with Gasteiger partial charge in [-0.15, -0.1) is 0 Å². The topological polar surface area (TPSA) is 45.5 Å². The molecule has 1 heterocycles. The lowest BCUT2D eigenvalue weighted by Gasteiger charge is -2.50. The van der Waals surface area contributed by atoms with Crippen LogP contribution in [0.25, 0.3) is 17.1 Å². The lowest BCUT2D eigenvalue weighted by molar-refractivity contribution is -0.00480. The van der Waals surface area contributed by atoms with Gasteiger partial charge in [-0.25, -0.2) is 4.98 Å². The van der Waals surface area contributed by atoms with E-state index in [4.69, 9.17) is 19.2 Å². The number of allylic oxidation sites excluding steroid dienone is 2. The van der Waals surface area contributed by atoms with Crippen molar-refractivity contribution in [2.24, 2.45) is 33.0 Å². The van der Waals surface area contributed by atoms with E-state index < -0.39 is 10.2 Å². The van der Waals surface area contributed by atoms with Gasteiger partial charge in [0.25, 0.3) is 0 Å². The Balaban J connectivity index is 0.00000342. The van der Waals surface area contributed by atoms with Gasteiger partial charge in [-0.1, -0.05) is 166 Å². The molecule has 0 saturated heterocycles. The van der Waals surface area contributed by atoms with Crippen molar-refractivity contribution in [1.82, 2.24) is 9.55 Å². The van der Waals surface area contributed by atoms with Crippen LogP contribution in [-0.4, -0.2) is 29.9 Å². The van der Waals surface area contributed by atoms with Crippen LogP contribution in [0.15, 0.2) is 110 Å². The van der Waals surface area contributed by atoms with Crippen molar-refractivity contribution in [3.8, 4) is 22.8 Å². The van der Waals surface area contributed by atoms with Crippen molar-refractivity contribution in [1.29, 1.82) is 0 Å². The third-order valence-corrected chi connectivity index (χ3v) is 14.1. The highest BCUT2D eigenvalue weighted by Crippen LogP contribution is 2.56. The molecule has 4 atom stereocenters. The summed E-state index contributed by atoms with van der Waals surface area (Å²) in [6, 6.07) is 25.0. The summed E-state index contributed by atoms with van der Waals surface area (Å²) >= 11 is 0.317. The second-order valence-corrected chi connectivity index (χ2v) is 22.1. The van der Waals surface area contributed by atoms with Gasteiger partial charge < -0.3 is 14.2 Å². The van der Waals surface area contributed by atoms with Gasteiger partial charge >= 0.3 is 0 Å². The minimum Gasteiger partial charge on any atom is -0.501 e. The highest BCUT2D eigenvalue weighted by atomic mass is 32.2. The number of benzene rings is 3. The normalized spacial score (nSPS) is 14.9. The van der Waals surface area contributed by atoms with E-state index in [1.165, 1.54) is 5.56 Å². The molecule has 356 valence electrons. The Morgan fingerprint density at radius 3 is 1.92 bits per heavy atom. The van der Waals surface area contributed by atoms with Gasteiger partial charge in [0.1, 0.15) is 24.8 Å². The number of halogens is 1. The molecule has 4 unspecified atom stereocenters. The molecule has 0 aliphatic heterocycles. The maximum atomic E-state index is 14.6. The van der Waals surface area contributed by atoms with Crippen LogP contribution in [0.4, 0.5) is 3.89 Å². The number of ether oxygens (including phenoxy) is 3. The molecule has 0 N–H and O–H groups in total. The number of rotatable bonds is 20. The van der Waals surface area contributed by atoms with Crippen molar-refractivity contribution < 1.29 is 18.1 Å². The molecule has 0 amide bonds. The molecule has 0 radical (unpaired) electrons. The quantitative estimate of drug-likeness (QED) is 0.0653. The molecule has 4 rings (SSSR count). The van der Waals surface area contributed by atoms with E-state index in [2.05, 4.69) is 143 Å². The Bertz CT molecular complexity index is 2060. The summed E-state index contributed by atoms with van der Waals surface area (Å²) in [6.45, 7) is 49.1. The van der Waals surface area contributed by atoms with Crippen LogP contribution >= 0.6 is 12.1 Å². The van der Waals surface area contributed by atoms with E-state index in [1.54, 1.807) is 13.3 Å². The Morgan fingerprint density at radius 1 is 0.781 bits per heavy atom. The third kappa shape index (κ3) is 13.8. The van der Waals surface area contributed by atoms with Crippen LogP contribution in [0.1, 0.15) is 160 Å². The Hall–Kier alpha value is -3.97. The molecule has 64 heavy (non-hydrogen) atoms. The lowest BCUT2D eigenvalue weighted by Crippen LogP contribution is -2.42. The average molecular weight is 899 g/mol. The molecule has 7 heteroatoms. The molecule has 0 bridgehead atoms. The first-order valence-corrected chi connectivity index (χ1v) is 24.3. The number of para-hydroxylation sites is 1. The van der Waals surface area contributed by atoms with Gasteiger partial charge in [0.15, 0.2) is 0 Å². The number of hydrogen-bond donors (Lipinski definition) is 0. The molecule has 3 aromatic carbocycles.